The molecule has 0 aromatic heterocycles. The summed E-state index contributed by atoms with van der Waals surface area (Å²) in [6.07, 6.45) is 13.4. The summed E-state index contributed by atoms with van der Waals surface area (Å²) in [5.41, 5.74) is 0. The minimum atomic E-state index is -0.455. The van der Waals surface area contributed by atoms with Crippen LogP contribution < -0.4 is 5.32 Å². The molecule has 0 rings (SSSR count). The smallest absolute Gasteiger partial charge is 0.305 e. The van der Waals surface area contributed by atoms with Gasteiger partial charge < -0.3 is 34.1 Å². The van der Waals surface area contributed by atoms with Crippen LogP contribution in [-0.2, 0) is 47.7 Å². The third-order valence-corrected chi connectivity index (χ3v) is 7.55. The van der Waals surface area contributed by atoms with Crippen LogP contribution in [0.3, 0.4) is 0 Å². The van der Waals surface area contributed by atoms with Gasteiger partial charge in [-0.3, -0.25) is 24.0 Å². The van der Waals surface area contributed by atoms with Gasteiger partial charge in [0.2, 0.25) is 0 Å². The molecule has 2 N–H and O–H groups in total. The maximum Gasteiger partial charge on any atom is 0.305 e. The molecule has 0 fully saturated rings. The molecule has 0 saturated heterocycles. The first-order valence-corrected chi connectivity index (χ1v) is 18.3. The zero-order valence-corrected chi connectivity index (χ0v) is 30.1. The van der Waals surface area contributed by atoms with Crippen LogP contribution in [0, 0.1) is 11.8 Å². The first-order valence-electron chi connectivity index (χ1n) is 18.3. The molecule has 0 radical (unpaired) electrons. The SMILES string of the molecule is CCCCCCCCC(=O)OCC(COC(=O)CCCCCC)COC(=O)CCCNCCCC(=O)OCC(CO)COC(=O)CCC. The van der Waals surface area contributed by atoms with E-state index in [1.54, 1.807) is 0 Å². The van der Waals surface area contributed by atoms with E-state index in [9.17, 15) is 29.1 Å². The van der Waals surface area contributed by atoms with Crippen LogP contribution in [-0.4, -0.2) is 87.7 Å². The number of rotatable bonds is 33. The standard InChI is InChI=1S/C36H65NO11/c1-4-7-9-11-12-14-19-34(41)47-28-31(27-46-33(40)18-13-10-8-5-2)29-48-36(43)21-16-23-37-22-15-20-35(42)45-26-30(24-38)25-44-32(39)17-6-3/h30-31,37-38H,4-29H2,1-3H3. The van der Waals surface area contributed by atoms with Crippen molar-refractivity contribution in [1.29, 1.82) is 0 Å². The fourth-order valence-electron chi connectivity index (χ4n) is 4.50. The van der Waals surface area contributed by atoms with Crippen molar-refractivity contribution in [3.63, 3.8) is 0 Å². The molecule has 48 heavy (non-hydrogen) atoms. The number of hydrogen-bond acceptors (Lipinski definition) is 12. The second-order valence-electron chi connectivity index (χ2n) is 12.4. The highest BCUT2D eigenvalue weighted by Crippen LogP contribution is 2.10. The summed E-state index contributed by atoms with van der Waals surface area (Å²) in [5, 5.41) is 12.6. The van der Waals surface area contributed by atoms with Crippen molar-refractivity contribution in [3.8, 4) is 0 Å². The number of aliphatic hydroxyl groups is 1. The number of ether oxygens (including phenoxy) is 5. The van der Waals surface area contributed by atoms with Crippen LogP contribution >= 0.6 is 0 Å². The minimum Gasteiger partial charge on any atom is -0.465 e. The second kappa shape index (κ2) is 32.8. The van der Waals surface area contributed by atoms with Gasteiger partial charge in [0.25, 0.3) is 0 Å². The monoisotopic (exact) mass is 687 g/mol. The molecule has 0 aliphatic carbocycles. The van der Waals surface area contributed by atoms with Crippen LogP contribution in [0.1, 0.15) is 136 Å². The lowest BCUT2D eigenvalue weighted by molar-refractivity contribution is -0.154. The van der Waals surface area contributed by atoms with Crippen LogP contribution in [0.2, 0.25) is 0 Å². The first kappa shape index (κ1) is 45.3. The maximum atomic E-state index is 12.4. The van der Waals surface area contributed by atoms with Crippen molar-refractivity contribution < 1.29 is 52.8 Å². The van der Waals surface area contributed by atoms with E-state index >= 15 is 0 Å². The van der Waals surface area contributed by atoms with Gasteiger partial charge in [0.05, 0.1) is 31.7 Å². The number of unbranched alkanes of at least 4 members (excludes halogenated alkanes) is 8. The van der Waals surface area contributed by atoms with Gasteiger partial charge in [-0.2, -0.15) is 0 Å². The van der Waals surface area contributed by atoms with Crippen LogP contribution in [0.5, 0.6) is 0 Å². The third-order valence-electron chi connectivity index (χ3n) is 7.55. The normalized spacial score (nSPS) is 12.2. The Kier molecular flexibility index (Phi) is 30.9. The van der Waals surface area contributed by atoms with E-state index in [1.165, 1.54) is 19.3 Å². The van der Waals surface area contributed by atoms with Crippen molar-refractivity contribution in [2.75, 3.05) is 52.7 Å². The van der Waals surface area contributed by atoms with Crippen molar-refractivity contribution in [1.82, 2.24) is 5.32 Å². The summed E-state index contributed by atoms with van der Waals surface area (Å²) in [5.74, 6) is -2.64. The molecular formula is C36H65NO11. The molecule has 280 valence electrons. The molecule has 0 bridgehead atoms. The number of carbonyl (C=O) groups is 5. The molecule has 0 heterocycles. The number of aliphatic hydroxyl groups excluding tert-OH is 1. The number of hydrogen-bond donors (Lipinski definition) is 2. The van der Waals surface area contributed by atoms with Crippen molar-refractivity contribution in [2.45, 2.75) is 136 Å². The molecule has 0 aromatic rings. The van der Waals surface area contributed by atoms with E-state index in [0.29, 0.717) is 51.6 Å². The first-order chi connectivity index (χ1) is 23.2. The minimum absolute atomic E-state index is 0.00661. The predicted octanol–water partition coefficient (Wildman–Crippen LogP) is 5.60. The lowest BCUT2D eigenvalue weighted by Gasteiger charge is -2.17. The van der Waals surface area contributed by atoms with E-state index < -0.39 is 23.8 Å². The van der Waals surface area contributed by atoms with Gasteiger partial charge in [-0.05, 0) is 45.2 Å². The highest BCUT2D eigenvalue weighted by Gasteiger charge is 2.18. The Morgan fingerprint density at radius 2 is 0.771 bits per heavy atom. The van der Waals surface area contributed by atoms with E-state index in [-0.39, 0.29) is 70.4 Å². The Bertz CT molecular complexity index is 852. The van der Waals surface area contributed by atoms with Gasteiger partial charge >= 0.3 is 29.8 Å². The summed E-state index contributed by atoms with van der Waals surface area (Å²) in [6.45, 7) is 6.99. The molecule has 12 nitrogen and oxygen atoms in total. The summed E-state index contributed by atoms with van der Waals surface area (Å²) in [7, 11) is 0. The Morgan fingerprint density at radius 1 is 0.438 bits per heavy atom. The molecule has 0 saturated carbocycles. The van der Waals surface area contributed by atoms with Gasteiger partial charge in [0.1, 0.15) is 19.8 Å². The number of carbonyl (C=O) groups excluding carboxylic acids is 5. The third kappa shape index (κ3) is 29.4. The van der Waals surface area contributed by atoms with E-state index in [4.69, 9.17) is 23.7 Å². The zero-order chi connectivity index (χ0) is 35.7. The summed E-state index contributed by atoms with van der Waals surface area (Å²) >= 11 is 0. The molecule has 0 spiro atoms. The Balaban J connectivity index is 4.29. The largest absolute Gasteiger partial charge is 0.465 e. The summed E-state index contributed by atoms with van der Waals surface area (Å²) in [4.78, 5) is 60.2. The molecular weight excluding hydrogens is 622 g/mol. The lowest BCUT2D eigenvalue weighted by atomic mass is 10.1. The highest BCUT2D eigenvalue weighted by atomic mass is 16.6. The quantitative estimate of drug-likeness (QED) is 0.0500. The molecule has 2 atom stereocenters. The fourth-order valence-corrected chi connectivity index (χ4v) is 4.50. The molecule has 0 amide bonds. The van der Waals surface area contributed by atoms with Crippen LogP contribution in [0.15, 0.2) is 0 Å². The van der Waals surface area contributed by atoms with E-state index in [2.05, 4.69) is 19.2 Å². The molecule has 2 unspecified atom stereocenters. The zero-order valence-electron chi connectivity index (χ0n) is 30.1. The second-order valence-corrected chi connectivity index (χ2v) is 12.4. The van der Waals surface area contributed by atoms with Gasteiger partial charge in [0, 0.05) is 32.1 Å². The van der Waals surface area contributed by atoms with Crippen LogP contribution in [0.25, 0.3) is 0 Å². The Labute approximate surface area is 288 Å². The van der Waals surface area contributed by atoms with Crippen molar-refractivity contribution in [3.05, 3.63) is 0 Å². The number of nitrogens with one attached hydrogen (secondary N) is 1. The van der Waals surface area contributed by atoms with Crippen molar-refractivity contribution in [2.24, 2.45) is 11.8 Å². The maximum absolute atomic E-state index is 12.4. The van der Waals surface area contributed by atoms with Crippen LogP contribution in [0.4, 0.5) is 0 Å². The molecule has 0 aliphatic rings. The van der Waals surface area contributed by atoms with Gasteiger partial charge in [0.15, 0.2) is 0 Å². The molecule has 12 heteroatoms. The lowest BCUT2D eigenvalue weighted by Crippen LogP contribution is -2.26. The molecule has 0 aromatic carbocycles. The van der Waals surface area contributed by atoms with Crippen molar-refractivity contribution >= 4 is 29.8 Å². The predicted molar refractivity (Wildman–Crippen MR) is 182 cm³/mol. The highest BCUT2D eigenvalue weighted by molar-refractivity contribution is 5.71. The Morgan fingerprint density at radius 3 is 1.17 bits per heavy atom. The summed E-state index contributed by atoms with van der Waals surface area (Å²) in [6, 6.07) is 0. The van der Waals surface area contributed by atoms with E-state index in [0.717, 1.165) is 44.9 Å². The average molecular weight is 688 g/mol. The average Bonchev–Trinajstić information content (AvgIpc) is 3.07. The Hall–Kier alpha value is -2.73. The van der Waals surface area contributed by atoms with Gasteiger partial charge in [-0.1, -0.05) is 72.1 Å². The van der Waals surface area contributed by atoms with Gasteiger partial charge in [-0.25, -0.2) is 0 Å². The number of esters is 5. The fraction of sp³-hybridized carbons (Fsp3) is 0.861. The topological polar surface area (TPSA) is 164 Å². The van der Waals surface area contributed by atoms with Gasteiger partial charge in [-0.15, -0.1) is 0 Å². The molecule has 0 aliphatic heterocycles. The van der Waals surface area contributed by atoms with E-state index in [1.807, 2.05) is 6.92 Å². The summed E-state index contributed by atoms with van der Waals surface area (Å²) < 4.78 is 26.5.